The zero-order chi connectivity index (χ0) is 25.9. The van der Waals surface area contributed by atoms with Crippen molar-refractivity contribution in [1.82, 2.24) is 15.1 Å². The van der Waals surface area contributed by atoms with Crippen LogP contribution in [0.1, 0.15) is 47.4 Å². The Morgan fingerprint density at radius 2 is 1.61 bits per heavy atom. The topological polar surface area (TPSA) is 88.2 Å². The molecule has 2 heterocycles. The SMILES string of the molecule is COc1ccc(C(=O)N2[C@H](C(=O)NCC(C)C)COC23CCN(C(=O)c2ccc(F)cc2)CC3)cc1. The van der Waals surface area contributed by atoms with Gasteiger partial charge in [-0.1, -0.05) is 13.8 Å². The molecule has 0 radical (unpaired) electrons. The van der Waals surface area contributed by atoms with E-state index in [0.717, 1.165) is 0 Å². The molecule has 0 bridgehead atoms. The van der Waals surface area contributed by atoms with Crippen molar-refractivity contribution in [2.75, 3.05) is 33.4 Å². The van der Waals surface area contributed by atoms with Gasteiger partial charge in [-0.25, -0.2) is 4.39 Å². The van der Waals surface area contributed by atoms with Gasteiger partial charge in [0.2, 0.25) is 5.91 Å². The van der Waals surface area contributed by atoms with Crippen LogP contribution >= 0.6 is 0 Å². The first-order valence-corrected chi connectivity index (χ1v) is 12.2. The quantitative estimate of drug-likeness (QED) is 0.663. The second kappa shape index (κ2) is 10.7. The number of amides is 3. The van der Waals surface area contributed by atoms with Gasteiger partial charge in [-0.05, 0) is 54.4 Å². The van der Waals surface area contributed by atoms with E-state index in [0.29, 0.717) is 49.4 Å². The largest absolute Gasteiger partial charge is 0.497 e. The van der Waals surface area contributed by atoms with E-state index < -0.39 is 17.6 Å². The number of likely N-dealkylation sites (tertiary alicyclic amines) is 1. The molecule has 192 valence electrons. The Hall–Kier alpha value is -3.46. The van der Waals surface area contributed by atoms with Crippen molar-refractivity contribution in [1.29, 1.82) is 0 Å². The van der Waals surface area contributed by atoms with E-state index in [9.17, 15) is 18.8 Å². The molecule has 9 heteroatoms. The predicted octanol–water partition coefficient (Wildman–Crippen LogP) is 3.08. The number of carbonyl (C=O) groups is 3. The van der Waals surface area contributed by atoms with Gasteiger partial charge >= 0.3 is 0 Å². The summed E-state index contributed by atoms with van der Waals surface area (Å²) in [5, 5.41) is 2.93. The van der Waals surface area contributed by atoms with Crippen LogP contribution in [0.15, 0.2) is 48.5 Å². The van der Waals surface area contributed by atoms with Crippen molar-refractivity contribution in [2.24, 2.45) is 5.92 Å². The zero-order valence-electron chi connectivity index (χ0n) is 20.8. The molecule has 0 unspecified atom stereocenters. The van der Waals surface area contributed by atoms with Crippen LogP contribution in [0.3, 0.4) is 0 Å². The van der Waals surface area contributed by atoms with Crippen LogP contribution in [0.5, 0.6) is 5.75 Å². The van der Waals surface area contributed by atoms with E-state index >= 15 is 0 Å². The Kier molecular flexibility index (Phi) is 7.59. The molecule has 1 atom stereocenters. The predicted molar refractivity (Wildman–Crippen MR) is 131 cm³/mol. The first kappa shape index (κ1) is 25.6. The maximum absolute atomic E-state index is 13.8. The van der Waals surface area contributed by atoms with E-state index in [4.69, 9.17) is 9.47 Å². The van der Waals surface area contributed by atoms with Gasteiger partial charge in [0.05, 0.1) is 13.7 Å². The molecule has 0 saturated carbocycles. The highest BCUT2D eigenvalue weighted by atomic mass is 19.1. The number of benzene rings is 2. The second-order valence-corrected chi connectivity index (χ2v) is 9.61. The molecular formula is C27H32FN3O5. The standard InChI is InChI=1S/C27H32FN3O5/c1-18(2)16-29-24(32)23-17-36-27(31(23)26(34)20-6-10-22(35-3)11-7-20)12-14-30(15-13-27)25(33)19-4-8-21(28)9-5-19/h4-11,18,23H,12-17H2,1-3H3,(H,29,32)/t23-/m0/s1. The van der Waals surface area contributed by atoms with Crippen LogP contribution in [0.4, 0.5) is 4.39 Å². The van der Waals surface area contributed by atoms with Gasteiger partial charge in [-0.15, -0.1) is 0 Å². The normalized spacial score (nSPS) is 19.0. The van der Waals surface area contributed by atoms with Gasteiger partial charge in [0.25, 0.3) is 11.8 Å². The van der Waals surface area contributed by atoms with E-state index in [-0.39, 0.29) is 30.2 Å². The molecule has 1 N–H and O–H groups in total. The Balaban J connectivity index is 1.56. The summed E-state index contributed by atoms with van der Waals surface area (Å²) >= 11 is 0. The van der Waals surface area contributed by atoms with Gasteiger partial charge in [0.1, 0.15) is 23.3 Å². The first-order valence-electron chi connectivity index (χ1n) is 12.2. The smallest absolute Gasteiger partial charge is 0.256 e. The number of carbonyl (C=O) groups excluding carboxylic acids is 3. The number of hydrogen-bond donors (Lipinski definition) is 1. The molecule has 8 nitrogen and oxygen atoms in total. The zero-order valence-corrected chi connectivity index (χ0v) is 20.8. The fourth-order valence-corrected chi connectivity index (χ4v) is 4.70. The van der Waals surface area contributed by atoms with Gasteiger partial charge in [0, 0.05) is 43.6 Å². The molecule has 2 aliphatic rings. The molecule has 2 aromatic carbocycles. The Bertz CT molecular complexity index is 1100. The summed E-state index contributed by atoms with van der Waals surface area (Å²) < 4.78 is 24.7. The fourth-order valence-electron chi connectivity index (χ4n) is 4.70. The van der Waals surface area contributed by atoms with Crippen molar-refractivity contribution >= 4 is 17.7 Å². The van der Waals surface area contributed by atoms with E-state index in [1.807, 2.05) is 13.8 Å². The maximum Gasteiger partial charge on any atom is 0.256 e. The number of halogens is 1. The van der Waals surface area contributed by atoms with Crippen LogP contribution in [-0.2, 0) is 9.53 Å². The number of hydrogen-bond acceptors (Lipinski definition) is 5. The Morgan fingerprint density at radius 1 is 1.03 bits per heavy atom. The molecule has 2 aromatic rings. The third-order valence-corrected chi connectivity index (χ3v) is 6.73. The van der Waals surface area contributed by atoms with Crippen LogP contribution in [0.25, 0.3) is 0 Å². The summed E-state index contributed by atoms with van der Waals surface area (Å²) in [7, 11) is 1.55. The van der Waals surface area contributed by atoms with Crippen molar-refractivity contribution in [3.63, 3.8) is 0 Å². The highest BCUT2D eigenvalue weighted by Gasteiger charge is 2.54. The summed E-state index contributed by atoms with van der Waals surface area (Å²) in [6.45, 7) is 5.25. The molecular weight excluding hydrogens is 465 g/mol. The van der Waals surface area contributed by atoms with Gasteiger partial charge in [-0.3, -0.25) is 19.3 Å². The van der Waals surface area contributed by atoms with Gasteiger partial charge < -0.3 is 19.7 Å². The summed E-state index contributed by atoms with van der Waals surface area (Å²) in [5.41, 5.74) is -0.180. The van der Waals surface area contributed by atoms with Crippen LogP contribution < -0.4 is 10.1 Å². The molecule has 4 rings (SSSR count). The molecule has 36 heavy (non-hydrogen) atoms. The highest BCUT2D eigenvalue weighted by Crippen LogP contribution is 2.39. The number of methoxy groups -OCH3 is 1. The minimum absolute atomic E-state index is 0.0811. The lowest BCUT2D eigenvalue weighted by atomic mass is 9.96. The lowest BCUT2D eigenvalue weighted by Crippen LogP contribution is -2.60. The van der Waals surface area contributed by atoms with Crippen LogP contribution in [-0.4, -0.2) is 72.6 Å². The van der Waals surface area contributed by atoms with Crippen LogP contribution in [0.2, 0.25) is 0 Å². The molecule has 1 spiro atoms. The Labute approximate surface area is 210 Å². The second-order valence-electron chi connectivity index (χ2n) is 9.61. The highest BCUT2D eigenvalue weighted by molar-refractivity contribution is 5.98. The van der Waals surface area contributed by atoms with Gasteiger partial charge in [0.15, 0.2) is 0 Å². The number of rotatable bonds is 6. The van der Waals surface area contributed by atoms with E-state index in [1.54, 1.807) is 41.2 Å². The molecule has 0 aliphatic carbocycles. The molecule has 0 aromatic heterocycles. The van der Waals surface area contributed by atoms with Crippen molar-refractivity contribution in [3.05, 3.63) is 65.5 Å². The van der Waals surface area contributed by atoms with Gasteiger partial charge in [-0.2, -0.15) is 0 Å². The van der Waals surface area contributed by atoms with Crippen molar-refractivity contribution in [2.45, 2.75) is 38.5 Å². The summed E-state index contributed by atoms with van der Waals surface area (Å²) in [4.78, 5) is 43.0. The fraction of sp³-hybridized carbons (Fsp3) is 0.444. The average Bonchev–Trinajstić information content (AvgIpc) is 3.25. The summed E-state index contributed by atoms with van der Waals surface area (Å²) in [6.07, 6.45) is 0.714. The summed E-state index contributed by atoms with van der Waals surface area (Å²) in [6, 6.07) is 11.4. The minimum atomic E-state index is -1.00. The molecule has 2 saturated heterocycles. The summed E-state index contributed by atoms with van der Waals surface area (Å²) in [5.74, 6) is -0.292. The lowest BCUT2D eigenvalue weighted by molar-refractivity contribution is -0.128. The van der Waals surface area contributed by atoms with Crippen LogP contribution in [0, 0.1) is 11.7 Å². The number of nitrogens with zero attached hydrogens (tertiary/aromatic N) is 2. The lowest BCUT2D eigenvalue weighted by Gasteiger charge is -2.44. The number of nitrogens with one attached hydrogen (secondary N) is 1. The van der Waals surface area contributed by atoms with Crippen molar-refractivity contribution in [3.8, 4) is 5.75 Å². The monoisotopic (exact) mass is 497 g/mol. The van der Waals surface area contributed by atoms with E-state index in [1.165, 1.54) is 24.3 Å². The average molecular weight is 498 g/mol. The third kappa shape index (κ3) is 5.21. The first-order chi connectivity index (χ1) is 17.2. The van der Waals surface area contributed by atoms with Crippen molar-refractivity contribution < 1.29 is 28.2 Å². The molecule has 2 fully saturated rings. The Morgan fingerprint density at radius 3 is 2.19 bits per heavy atom. The number of ether oxygens (including phenoxy) is 2. The molecule has 3 amide bonds. The number of piperidine rings is 1. The third-order valence-electron chi connectivity index (χ3n) is 6.73. The molecule has 2 aliphatic heterocycles. The maximum atomic E-state index is 13.8. The van der Waals surface area contributed by atoms with E-state index in [2.05, 4.69) is 5.32 Å². The minimum Gasteiger partial charge on any atom is -0.497 e.